The molecule has 1 N–H and O–H groups in total. The molecule has 3 heteroatoms. The minimum absolute atomic E-state index is 0.622. The summed E-state index contributed by atoms with van der Waals surface area (Å²) in [5.41, 5.74) is 2.66. The van der Waals surface area contributed by atoms with Crippen LogP contribution in [0.3, 0.4) is 0 Å². The Hall–Kier alpha value is -0.730. The Morgan fingerprint density at radius 1 is 1.38 bits per heavy atom. The minimum Gasteiger partial charge on any atom is -0.491 e. The number of piperidine rings is 1. The Morgan fingerprint density at radius 3 is 3.12 bits per heavy atom. The maximum atomic E-state index is 6.25. The molecule has 0 bridgehead atoms. The quantitative estimate of drug-likeness (QED) is 0.811. The number of nitrogens with one attached hydrogen (secondary N) is 1. The molecule has 16 heavy (non-hydrogen) atoms. The molecule has 0 spiro atoms. The summed E-state index contributed by atoms with van der Waals surface area (Å²) in [7, 11) is 0. The lowest BCUT2D eigenvalue weighted by atomic mass is 9.90. The Bertz CT molecular complexity index is 399. The van der Waals surface area contributed by atoms with E-state index in [-0.39, 0.29) is 0 Å². The summed E-state index contributed by atoms with van der Waals surface area (Å²) < 4.78 is 5.52. The van der Waals surface area contributed by atoms with E-state index in [1.807, 2.05) is 0 Å². The van der Waals surface area contributed by atoms with Crippen LogP contribution < -0.4 is 10.1 Å². The van der Waals surface area contributed by atoms with Crippen molar-refractivity contribution >= 4 is 11.6 Å². The molecule has 3 rings (SSSR count). The SMILES string of the molecule is Clc1cc(C2CCCNC2)cc2c1OCC2. The van der Waals surface area contributed by atoms with Crippen molar-refractivity contribution in [1.29, 1.82) is 0 Å². The molecule has 1 aromatic carbocycles. The fraction of sp³-hybridized carbons (Fsp3) is 0.538. The predicted octanol–water partition coefficient (Wildman–Crippen LogP) is 2.74. The molecule has 0 amide bonds. The highest BCUT2D eigenvalue weighted by atomic mass is 35.5. The molecule has 1 fully saturated rings. The lowest BCUT2D eigenvalue weighted by Crippen LogP contribution is -2.28. The van der Waals surface area contributed by atoms with E-state index in [2.05, 4.69) is 17.4 Å². The summed E-state index contributed by atoms with van der Waals surface area (Å²) >= 11 is 6.25. The maximum absolute atomic E-state index is 6.25. The summed E-state index contributed by atoms with van der Waals surface area (Å²) in [5.74, 6) is 1.53. The molecule has 2 aliphatic heterocycles. The Labute approximate surface area is 101 Å². The first kappa shape index (κ1) is 10.4. The number of hydrogen-bond acceptors (Lipinski definition) is 2. The number of halogens is 1. The second-order valence-electron chi connectivity index (χ2n) is 4.63. The molecular formula is C13H16ClNO. The van der Waals surface area contributed by atoms with Gasteiger partial charge in [0.05, 0.1) is 11.6 Å². The number of benzene rings is 1. The molecule has 1 aromatic rings. The zero-order valence-corrected chi connectivity index (χ0v) is 10.0. The minimum atomic E-state index is 0.622. The van der Waals surface area contributed by atoms with Crippen molar-refractivity contribution in [2.45, 2.75) is 25.2 Å². The van der Waals surface area contributed by atoms with Gasteiger partial charge in [0.1, 0.15) is 5.75 Å². The third-order valence-corrected chi connectivity index (χ3v) is 3.81. The van der Waals surface area contributed by atoms with Gasteiger partial charge in [-0.05, 0) is 42.5 Å². The van der Waals surface area contributed by atoms with E-state index in [0.29, 0.717) is 5.92 Å². The van der Waals surface area contributed by atoms with Crippen LogP contribution in [0, 0.1) is 0 Å². The lowest BCUT2D eigenvalue weighted by molar-refractivity contribution is 0.357. The Kier molecular flexibility index (Phi) is 2.78. The van der Waals surface area contributed by atoms with Crippen LogP contribution in [0.1, 0.15) is 29.9 Å². The van der Waals surface area contributed by atoms with Gasteiger partial charge in [-0.1, -0.05) is 17.7 Å². The Balaban J connectivity index is 1.92. The van der Waals surface area contributed by atoms with Gasteiger partial charge in [-0.3, -0.25) is 0 Å². The summed E-state index contributed by atoms with van der Waals surface area (Å²) in [4.78, 5) is 0. The smallest absolute Gasteiger partial charge is 0.141 e. The highest BCUT2D eigenvalue weighted by Gasteiger charge is 2.21. The second kappa shape index (κ2) is 4.27. The first-order valence-electron chi connectivity index (χ1n) is 6.00. The van der Waals surface area contributed by atoms with Crippen molar-refractivity contribution in [2.75, 3.05) is 19.7 Å². The van der Waals surface area contributed by atoms with Crippen LogP contribution in [0.2, 0.25) is 5.02 Å². The number of ether oxygens (including phenoxy) is 1. The van der Waals surface area contributed by atoms with Crippen LogP contribution in [0.4, 0.5) is 0 Å². The van der Waals surface area contributed by atoms with Crippen LogP contribution in [0.25, 0.3) is 0 Å². The van der Waals surface area contributed by atoms with Crippen LogP contribution >= 0.6 is 11.6 Å². The molecule has 1 unspecified atom stereocenters. The predicted molar refractivity (Wildman–Crippen MR) is 65.5 cm³/mol. The van der Waals surface area contributed by atoms with Crippen molar-refractivity contribution < 1.29 is 4.74 Å². The van der Waals surface area contributed by atoms with Crippen LogP contribution in [0.15, 0.2) is 12.1 Å². The van der Waals surface area contributed by atoms with Crippen LogP contribution in [0.5, 0.6) is 5.75 Å². The van der Waals surface area contributed by atoms with E-state index < -0.39 is 0 Å². The van der Waals surface area contributed by atoms with E-state index in [1.54, 1.807) is 0 Å². The summed E-state index contributed by atoms with van der Waals surface area (Å²) in [6, 6.07) is 4.37. The van der Waals surface area contributed by atoms with Gasteiger partial charge in [0.25, 0.3) is 0 Å². The van der Waals surface area contributed by atoms with Gasteiger partial charge in [0.2, 0.25) is 0 Å². The van der Waals surface area contributed by atoms with Gasteiger partial charge in [-0.15, -0.1) is 0 Å². The topological polar surface area (TPSA) is 21.3 Å². The van der Waals surface area contributed by atoms with Crippen molar-refractivity contribution in [1.82, 2.24) is 5.32 Å². The van der Waals surface area contributed by atoms with Gasteiger partial charge in [-0.25, -0.2) is 0 Å². The standard InChI is InChI=1S/C13H16ClNO/c14-12-7-11(10-2-1-4-15-8-10)6-9-3-5-16-13(9)12/h6-7,10,15H,1-5,8H2. The molecule has 0 saturated carbocycles. The molecule has 2 aliphatic rings. The van der Waals surface area contributed by atoms with Crippen LogP contribution in [-0.2, 0) is 6.42 Å². The van der Waals surface area contributed by atoms with E-state index in [1.165, 1.54) is 24.0 Å². The van der Waals surface area contributed by atoms with E-state index in [4.69, 9.17) is 16.3 Å². The van der Waals surface area contributed by atoms with Crippen molar-refractivity contribution in [3.05, 3.63) is 28.3 Å². The zero-order valence-electron chi connectivity index (χ0n) is 9.26. The van der Waals surface area contributed by atoms with Crippen LogP contribution in [-0.4, -0.2) is 19.7 Å². The maximum Gasteiger partial charge on any atom is 0.141 e. The van der Waals surface area contributed by atoms with E-state index in [9.17, 15) is 0 Å². The molecule has 2 nitrogen and oxygen atoms in total. The average molecular weight is 238 g/mol. The molecule has 1 saturated heterocycles. The largest absolute Gasteiger partial charge is 0.491 e. The molecule has 2 heterocycles. The highest BCUT2D eigenvalue weighted by Crippen LogP contribution is 2.37. The Morgan fingerprint density at radius 2 is 2.31 bits per heavy atom. The molecule has 1 atom stereocenters. The number of fused-ring (bicyclic) bond motifs is 1. The zero-order chi connectivity index (χ0) is 11.0. The van der Waals surface area contributed by atoms with Gasteiger partial charge in [0, 0.05) is 13.0 Å². The molecule has 0 aromatic heterocycles. The van der Waals surface area contributed by atoms with Crippen molar-refractivity contribution in [2.24, 2.45) is 0 Å². The average Bonchev–Trinajstić information content (AvgIpc) is 2.79. The molecular weight excluding hydrogens is 222 g/mol. The monoisotopic (exact) mass is 237 g/mol. The normalized spacial score (nSPS) is 23.9. The number of rotatable bonds is 1. The fourth-order valence-corrected chi connectivity index (χ4v) is 2.96. The first-order chi connectivity index (χ1) is 7.84. The number of hydrogen-bond donors (Lipinski definition) is 1. The van der Waals surface area contributed by atoms with E-state index in [0.717, 1.165) is 36.9 Å². The fourth-order valence-electron chi connectivity index (χ4n) is 2.66. The van der Waals surface area contributed by atoms with E-state index >= 15 is 0 Å². The molecule has 86 valence electrons. The molecule has 0 aliphatic carbocycles. The van der Waals surface area contributed by atoms with Gasteiger partial charge >= 0.3 is 0 Å². The second-order valence-corrected chi connectivity index (χ2v) is 5.04. The first-order valence-corrected chi connectivity index (χ1v) is 6.38. The van der Waals surface area contributed by atoms with Gasteiger partial charge in [0.15, 0.2) is 0 Å². The van der Waals surface area contributed by atoms with Gasteiger partial charge < -0.3 is 10.1 Å². The van der Waals surface area contributed by atoms with Crippen molar-refractivity contribution in [3.63, 3.8) is 0 Å². The van der Waals surface area contributed by atoms with Gasteiger partial charge in [-0.2, -0.15) is 0 Å². The summed E-state index contributed by atoms with van der Waals surface area (Å²) in [6.45, 7) is 3.01. The molecule has 0 radical (unpaired) electrons. The highest BCUT2D eigenvalue weighted by molar-refractivity contribution is 6.32. The summed E-state index contributed by atoms with van der Waals surface area (Å²) in [6.07, 6.45) is 3.53. The lowest BCUT2D eigenvalue weighted by Gasteiger charge is -2.23. The summed E-state index contributed by atoms with van der Waals surface area (Å²) in [5, 5.41) is 4.23. The third kappa shape index (κ3) is 1.80. The third-order valence-electron chi connectivity index (χ3n) is 3.53. The van der Waals surface area contributed by atoms with Crippen molar-refractivity contribution in [3.8, 4) is 5.75 Å².